The Labute approximate surface area is 127 Å². The van der Waals surface area contributed by atoms with Gasteiger partial charge in [0.2, 0.25) is 0 Å². The summed E-state index contributed by atoms with van der Waals surface area (Å²) in [6, 6.07) is 11.2. The van der Waals surface area contributed by atoms with Crippen molar-refractivity contribution in [1.82, 2.24) is 14.7 Å². The van der Waals surface area contributed by atoms with E-state index in [1.807, 2.05) is 0 Å². The quantitative estimate of drug-likeness (QED) is 0.859. The Hall–Kier alpha value is -1.61. The van der Waals surface area contributed by atoms with Crippen LogP contribution in [0.2, 0.25) is 0 Å². The number of rotatable bonds is 4. The van der Waals surface area contributed by atoms with Crippen LogP contribution >= 0.6 is 0 Å². The molecule has 0 bridgehead atoms. The highest BCUT2D eigenvalue weighted by atomic mass is 15.3. The van der Waals surface area contributed by atoms with Gasteiger partial charge in [-0.2, -0.15) is 5.10 Å². The highest BCUT2D eigenvalue weighted by Gasteiger charge is 2.17. The summed E-state index contributed by atoms with van der Waals surface area (Å²) >= 11 is 0. The van der Waals surface area contributed by atoms with Crippen molar-refractivity contribution in [2.45, 2.75) is 39.2 Å². The van der Waals surface area contributed by atoms with E-state index in [0.29, 0.717) is 6.04 Å². The van der Waals surface area contributed by atoms with Crippen molar-refractivity contribution in [3.05, 3.63) is 53.3 Å². The summed E-state index contributed by atoms with van der Waals surface area (Å²) in [7, 11) is 0. The fourth-order valence-corrected chi connectivity index (χ4v) is 2.96. The molecule has 0 atom stereocenters. The average molecular weight is 283 g/mol. The molecule has 0 N–H and O–H groups in total. The molecule has 21 heavy (non-hydrogen) atoms. The van der Waals surface area contributed by atoms with Crippen molar-refractivity contribution >= 4 is 0 Å². The first-order valence-electron chi connectivity index (χ1n) is 8.05. The maximum atomic E-state index is 4.75. The number of hydrogen-bond acceptors (Lipinski definition) is 2. The van der Waals surface area contributed by atoms with E-state index in [1.165, 1.54) is 16.8 Å². The Balaban J connectivity index is 1.57. The minimum absolute atomic E-state index is 0.464. The molecule has 0 fully saturated rings. The van der Waals surface area contributed by atoms with Crippen molar-refractivity contribution in [1.29, 1.82) is 0 Å². The number of nitrogens with zero attached hydrogens (tertiary/aromatic N) is 3. The third-order valence-corrected chi connectivity index (χ3v) is 4.35. The number of hydrogen-bond donors (Lipinski definition) is 0. The fraction of sp³-hybridized carbons (Fsp3) is 0.500. The Morgan fingerprint density at radius 3 is 2.62 bits per heavy atom. The monoisotopic (exact) mass is 283 g/mol. The molecule has 2 heterocycles. The molecular formula is C18H25N3. The molecule has 0 radical (unpaired) electrons. The van der Waals surface area contributed by atoms with Gasteiger partial charge < -0.3 is 4.90 Å². The average Bonchev–Trinajstić information content (AvgIpc) is 2.82. The minimum atomic E-state index is 0.464. The second-order valence-electron chi connectivity index (χ2n) is 6.25. The van der Waals surface area contributed by atoms with Crippen LogP contribution in [-0.2, 0) is 19.3 Å². The Morgan fingerprint density at radius 2 is 1.86 bits per heavy atom. The van der Waals surface area contributed by atoms with Gasteiger partial charge >= 0.3 is 0 Å². The summed E-state index contributed by atoms with van der Waals surface area (Å²) in [6.07, 6.45) is 5.62. The normalized spacial score (nSPS) is 16.0. The predicted octanol–water partition coefficient (Wildman–Crippen LogP) is 3.11. The van der Waals surface area contributed by atoms with Crippen LogP contribution in [0.5, 0.6) is 0 Å². The van der Waals surface area contributed by atoms with E-state index in [-0.39, 0.29) is 0 Å². The van der Waals surface area contributed by atoms with E-state index in [2.05, 4.69) is 60.0 Å². The lowest BCUT2D eigenvalue weighted by molar-refractivity contribution is 0.289. The minimum Gasteiger partial charge on any atom is -0.302 e. The van der Waals surface area contributed by atoms with E-state index in [1.54, 1.807) is 0 Å². The van der Waals surface area contributed by atoms with E-state index in [4.69, 9.17) is 5.10 Å². The van der Waals surface area contributed by atoms with Gasteiger partial charge in [0.1, 0.15) is 0 Å². The number of benzene rings is 1. The molecule has 1 aliphatic rings. The molecule has 1 aliphatic heterocycles. The Bertz CT molecular complexity index is 546. The maximum absolute atomic E-state index is 4.75. The van der Waals surface area contributed by atoms with Crippen LogP contribution in [-0.4, -0.2) is 34.3 Å². The van der Waals surface area contributed by atoms with Gasteiger partial charge in [-0.15, -0.1) is 0 Å². The molecule has 1 aromatic heterocycles. The molecule has 112 valence electrons. The molecule has 0 amide bonds. The lowest BCUT2D eigenvalue weighted by atomic mass is 10.1. The molecule has 3 nitrogen and oxygen atoms in total. The molecular weight excluding hydrogens is 258 g/mol. The highest BCUT2D eigenvalue weighted by molar-refractivity contribution is 5.20. The van der Waals surface area contributed by atoms with Gasteiger partial charge in [0.15, 0.2) is 0 Å². The molecule has 0 spiro atoms. The summed E-state index contributed by atoms with van der Waals surface area (Å²) in [5, 5.41) is 4.75. The zero-order valence-corrected chi connectivity index (χ0v) is 13.1. The molecule has 0 unspecified atom stereocenters. The van der Waals surface area contributed by atoms with E-state index < -0.39 is 0 Å². The van der Waals surface area contributed by atoms with Gasteiger partial charge in [-0.1, -0.05) is 30.3 Å². The zero-order valence-electron chi connectivity index (χ0n) is 13.1. The van der Waals surface area contributed by atoms with Gasteiger partial charge in [-0.25, -0.2) is 0 Å². The van der Waals surface area contributed by atoms with Crippen LogP contribution in [0.15, 0.2) is 36.5 Å². The van der Waals surface area contributed by atoms with Crippen molar-refractivity contribution in [3.8, 4) is 0 Å². The zero-order chi connectivity index (χ0) is 14.7. The molecule has 1 aromatic carbocycles. The first-order valence-corrected chi connectivity index (χ1v) is 8.05. The van der Waals surface area contributed by atoms with Crippen molar-refractivity contribution in [2.75, 3.05) is 19.6 Å². The lowest BCUT2D eigenvalue weighted by Gasteiger charge is -2.19. The highest BCUT2D eigenvalue weighted by Crippen LogP contribution is 2.17. The van der Waals surface area contributed by atoms with Crippen molar-refractivity contribution in [2.24, 2.45) is 0 Å². The van der Waals surface area contributed by atoms with E-state index >= 15 is 0 Å². The summed E-state index contributed by atoms with van der Waals surface area (Å²) in [5.74, 6) is 0. The van der Waals surface area contributed by atoms with Crippen LogP contribution in [0, 0.1) is 0 Å². The summed E-state index contributed by atoms with van der Waals surface area (Å²) in [4.78, 5) is 2.58. The Morgan fingerprint density at radius 1 is 1.10 bits per heavy atom. The van der Waals surface area contributed by atoms with Gasteiger partial charge in [0, 0.05) is 38.3 Å². The van der Waals surface area contributed by atoms with Crippen molar-refractivity contribution in [3.63, 3.8) is 0 Å². The molecule has 3 heteroatoms. The molecule has 0 aliphatic carbocycles. The van der Waals surface area contributed by atoms with E-state index in [0.717, 1.165) is 38.9 Å². The van der Waals surface area contributed by atoms with Gasteiger partial charge in [-0.05, 0) is 37.8 Å². The van der Waals surface area contributed by atoms with Crippen LogP contribution in [0.25, 0.3) is 0 Å². The lowest BCUT2D eigenvalue weighted by Crippen LogP contribution is -2.29. The largest absolute Gasteiger partial charge is 0.302 e. The smallest absolute Gasteiger partial charge is 0.0669 e. The van der Waals surface area contributed by atoms with Gasteiger partial charge in [-0.3, -0.25) is 4.68 Å². The molecule has 3 rings (SSSR count). The molecule has 2 aromatic rings. The third-order valence-electron chi connectivity index (χ3n) is 4.35. The first kappa shape index (κ1) is 14.3. The SMILES string of the molecule is CC(C)n1cc2c(n1)CCN(CCc1ccccc1)CC2. The van der Waals surface area contributed by atoms with Gasteiger partial charge in [0.05, 0.1) is 5.69 Å². The van der Waals surface area contributed by atoms with Crippen LogP contribution in [0.1, 0.15) is 36.7 Å². The third kappa shape index (κ3) is 3.53. The summed E-state index contributed by atoms with van der Waals surface area (Å²) < 4.78 is 2.12. The predicted molar refractivity (Wildman–Crippen MR) is 86.6 cm³/mol. The second kappa shape index (κ2) is 6.44. The summed E-state index contributed by atoms with van der Waals surface area (Å²) in [6.45, 7) is 7.83. The van der Waals surface area contributed by atoms with Crippen molar-refractivity contribution < 1.29 is 0 Å². The number of fused-ring (bicyclic) bond motifs is 1. The topological polar surface area (TPSA) is 21.1 Å². The second-order valence-corrected chi connectivity index (χ2v) is 6.25. The number of aromatic nitrogens is 2. The van der Waals surface area contributed by atoms with Crippen LogP contribution in [0.3, 0.4) is 0 Å². The standard InChI is InChI=1S/C18H25N3/c1-15(2)21-14-17-9-12-20(13-10-18(17)19-21)11-8-16-6-4-3-5-7-16/h3-7,14-15H,8-13H2,1-2H3. The fourth-order valence-electron chi connectivity index (χ4n) is 2.96. The van der Waals surface area contributed by atoms with E-state index in [9.17, 15) is 0 Å². The summed E-state index contributed by atoms with van der Waals surface area (Å²) in [5.41, 5.74) is 4.20. The maximum Gasteiger partial charge on any atom is 0.0669 e. The Kier molecular flexibility index (Phi) is 4.39. The first-order chi connectivity index (χ1) is 10.2. The van der Waals surface area contributed by atoms with Gasteiger partial charge in [0.25, 0.3) is 0 Å². The van der Waals surface area contributed by atoms with Crippen LogP contribution < -0.4 is 0 Å². The molecule has 0 saturated heterocycles. The molecule has 0 saturated carbocycles. The van der Waals surface area contributed by atoms with Crippen LogP contribution in [0.4, 0.5) is 0 Å².